The molecule has 0 spiro atoms. The van der Waals surface area contributed by atoms with E-state index in [1.54, 1.807) is 6.92 Å². The minimum absolute atomic E-state index is 0.0173. The highest BCUT2D eigenvalue weighted by atomic mass is 35.5. The summed E-state index contributed by atoms with van der Waals surface area (Å²) >= 11 is 11.7. The molecule has 2 N–H and O–H groups in total. The zero-order chi connectivity index (χ0) is 16.3. The number of halogens is 2. The topological polar surface area (TPSA) is 104 Å². The lowest BCUT2D eigenvalue weighted by atomic mass is 10.3. The summed E-state index contributed by atoms with van der Waals surface area (Å²) in [4.78, 5) is -0.319. The molecule has 0 fully saturated rings. The Kier molecular flexibility index (Phi) is 6.30. The Hall–Kier alpha value is -0.540. The van der Waals surface area contributed by atoms with E-state index in [1.807, 2.05) is 0 Å². The fourth-order valence-corrected chi connectivity index (χ4v) is 4.07. The largest absolute Gasteiger partial charge is 0.491 e. The number of sulfone groups is 1. The van der Waals surface area contributed by atoms with Gasteiger partial charge in [-0.25, -0.2) is 22.0 Å². The number of rotatable bonds is 7. The van der Waals surface area contributed by atoms with Crippen molar-refractivity contribution < 1.29 is 21.6 Å². The summed E-state index contributed by atoms with van der Waals surface area (Å²) in [7, 11) is -7.16. The number of primary sulfonamides is 1. The molecule has 1 aromatic rings. The van der Waals surface area contributed by atoms with Gasteiger partial charge in [-0.3, -0.25) is 0 Å². The first kappa shape index (κ1) is 18.5. The lowest BCUT2D eigenvalue weighted by Gasteiger charge is -2.10. The van der Waals surface area contributed by atoms with Crippen LogP contribution in [0.1, 0.15) is 13.3 Å². The van der Waals surface area contributed by atoms with Crippen LogP contribution >= 0.6 is 23.2 Å². The highest BCUT2D eigenvalue weighted by molar-refractivity contribution is 7.91. The molecule has 1 aromatic carbocycles. The number of hydrogen-bond acceptors (Lipinski definition) is 5. The maximum atomic E-state index is 11.5. The summed E-state index contributed by atoms with van der Waals surface area (Å²) in [5, 5.41) is 4.81. The molecule has 1 rings (SSSR count). The first-order valence-electron chi connectivity index (χ1n) is 5.92. The van der Waals surface area contributed by atoms with Gasteiger partial charge in [0.25, 0.3) is 0 Å². The minimum atomic E-state index is -3.99. The van der Waals surface area contributed by atoms with Gasteiger partial charge in [-0.1, -0.05) is 30.1 Å². The minimum Gasteiger partial charge on any atom is -0.491 e. The zero-order valence-corrected chi connectivity index (χ0v) is 14.3. The van der Waals surface area contributed by atoms with E-state index in [1.165, 1.54) is 6.07 Å². The second-order valence-corrected chi connectivity index (χ2v) is 8.91. The molecule has 21 heavy (non-hydrogen) atoms. The third-order valence-corrected chi connectivity index (χ3v) is 5.95. The summed E-state index contributed by atoms with van der Waals surface area (Å²) in [6.45, 7) is 1.66. The average Bonchev–Trinajstić information content (AvgIpc) is 2.31. The third kappa shape index (κ3) is 5.63. The van der Waals surface area contributed by atoms with Gasteiger partial charge in [-0.05, 0) is 12.5 Å². The van der Waals surface area contributed by atoms with Crippen LogP contribution in [0.5, 0.6) is 5.75 Å². The quantitative estimate of drug-likeness (QED) is 0.782. The van der Waals surface area contributed by atoms with E-state index in [0.29, 0.717) is 6.42 Å². The molecule has 0 aliphatic carbocycles. The van der Waals surface area contributed by atoms with Crippen LogP contribution in [0, 0.1) is 0 Å². The van der Waals surface area contributed by atoms with Crippen LogP contribution in [0.2, 0.25) is 10.0 Å². The SMILES string of the molecule is CCCS(=O)(=O)CCOc1cc(Cl)c(S(N)(=O)=O)cc1Cl. The van der Waals surface area contributed by atoms with Gasteiger partial charge in [0, 0.05) is 6.07 Å². The van der Waals surface area contributed by atoms with Crippen LogP contribution in [0.4, 0.5) is 0 Å². The van der Waals surface area contributed by atoms with Crippen LogP contribution in [0.15, 0.2) is 17.0 Å². The Morgan fingerprint density at radius 3 is 2.24 bits per heavy atom. The van der Waals surface area contributed by atoms with Crippen molar-refractivity contribution in [3.63, 3.8) is 0 Å². The van der Waals surface area contributed by atoms with Gasteiger partial charge in [0.1, 0.15) is 17.3 Å². The van der Waals surface area contributed by atoms with Crippen molar-refractivity contribution in [1.29, 1.82) is 0 Å². The lowest BCUT2D eigenvalue weighted by molar-refractivity contribution is 0.341. The van der Waals surface area contributed by atoms with Gasteiger partial charge in [0.05, 0.1) is 21.6 Å². The number of benzene rings is 1. The molecule has 0 unspecified atom stereocenters. The molecule has 0 radical (unpaired) electrons. The maximum Gasteiger partial charge on any atom is 0.239 e. The predicted octanol–water partition coefficient (Wildman–Crippen LogP) is 1.84. The van der Waals surface area contributed by atoms with Crippen molar-refractivity contribution in [3.05, 3.63) is 22.2 Å². The van der Waals surface area contributed by atoms with Crippen LogP contribution in [0.3, 0.4) is 0 Å². The van der Waals surface area contributed by atoms with E-state index >= 15 is 0 Å². The van der Waals surface area contributed by atoms with E-state index in [-0.39, 0.29) is 38.8 Å². The number of hydrogen-bond donors (Lipinski definition) is 1. The smallest absolute Gasteiger partial charge is 0.239 e. The van der Waals surface area contributed by atoms with Crippen LogP contribution < -0.4 is 9.88 Å². The molecule has 0 heterocycles. The van der Waals surface area contributed by atoms with Crippen LogP contribution in [0.25, 0.3) is 0 Å². The van der Waals surface area contributed by atoms with E-state index < -0.39 is 19.9 Å². The van der Waals surface area contributed by atoms with Crippen molar-refractivity contribution in [2.24, 2.45) is 5.14 Å². The fraction of sp³-hybridized carbons (Fsp3) is 0.455. The molecular formula is C11H15Cl2NO5S2. The third-order valence-electron chi connectivity index (χ3n) is 2.46. The van der Waals surface area contributed by atoms with E-state index in [0.717, 1.165) is 6.07 Å². The monoisotopic (exact) mass is 375 g/mol. The molecule has 0 saturated heterocycles. The first-order valence-corrected chi connectivity index (χ1v) is 10.0. The Balaban J connectivity index is 2.85. The van der Waals surface area contributed by atoms with Crippen molar-refractivity contribution in [2.75, 3.05) is 18.1 Å². The molecule has 0 aromatic heterocycles. The van der Waals surface area contributed by atoms with Gasteiger partial charge in [0.2, 0.25) is 10.0 Å². The number of nitrogens with two attached hydrogens (primary N) is 1. The maximum absolute atomic E-state index is 11.5. The summed E-state index contributed by atoms with van der Waals surface area (Å²) in [5.41, 5.74) is 0. The second kappa shape index (κ2) is 7.15. The van der Waals surface area contributed by atoms with Gasteiger partial charge in [0.15, 0.2) is 9.84 Å². The normalized spacial score (nSPS) is 12.4. The van der Waals surface area contributed by atoms with Gasteiger partial charge >= 0.3 is 0 Å². The Morgan fingerprint density at radius 1 is 1.10 bits per heavy atom. The molecule has 0 aliphatic rings. The van der Waals surface area contributed by atoms with Crippen molar-refractivity contribution in [1.82, 2.24) is 0 Å². The van der Waals surface area contributed by atoms with E-state index in [4.69, 9.17) is 33.1 Å². The zero-order valence-electron chi connectivity index (χ0n) is 11.2. The molecular weight excluding hydrogens is 361 g/mol. The number of ether oxygens (including phenoxy) is 1. The van der Waals surface area contributed by atoms with Crippen molar-refractivity contribution in [3.8, 4) is 5.75 Å². The summed E-state index contributed by atoms with van der Waals surface area (Å²) in [6, 6.07) is 2.26. The molecule has 6 nitrogen and oxygen atoms in total. The van der Waals surface area contributed by atoms with Crippen LogP contribution in [-0.4, -0.2) is 34.9 Å². The molecule has 0 atom stereocenters. The molecule has 0 saturated carbocycles. The Morgan fingerprint density at radius 2 is 1.71 bits per heavy atom. The predicted molar refractivity (Wildman–Crippen MR) is 82.3 cm³/mol. The fourth-order valence-electron chi connectivity index (χ4n) is 1.53. The van der Waals surface area contributed by atoms with E-state index in [2.05, 4.69) is 0 Å². The second-order valence-electron chi connectivity index (χ2n) is 4.26. The number of sulfonamides is 1. The average molecular weight is 376 g/mol. The van der Waals surface area contributed by atoms with Crippen LogP contribution in [-0.2, 0) is 19.9 Å². The molecule has 10 heteroatoms. The molecule has 120 valence electrons. The van der Waals surface area contributed by atoms with Gasteiger partial charge in [-0.15, -0.1) is 0 Å². The van der Waals surface area contributed by atoms with Crippen molar-refractivity contribution >= 4 is 43.1 Å². The first-order chi connectivity index (χ1) is 9.57. The summed E-state index contributed by atoms with van der Waals surface area (Å²) in [6.07, 6.45) is 0.526. The van der Waals surface area contributed by atoms with Gasteiger partial charge < -0.3 is 4.74 Å². The standard InChI is InChI=1S/C11H15Cl2NO5S2/c1-2-4-20(15,16)5-3-19-10-6-9(13)11(7-8(10)12)21(14,17)18/h6-7H,2-5H2,1H3,(H2,14,17,18). The summed E-state index contributed by atoms with van der Waals surface area (Å²) < 4.78 is 50.8. The molecule has 0 aliphatic heterocycles. The molecule has 0 amide bonds. The molecule has 0 bridgehead atoms. The van der Waals surface area contributed by atoms with Gasteiger partial charge in [-0.2, -0.15) is 0 Å². The lowest BCUT2D eigenvalue weighted by Crippen LogP contribution is -2.17. The van der Waals surface area contributed by atoms with E-state index in [9.17, 15) is 16.8 Å². The Bertz CT molecular complexity index is 716. The highest BCUT2D eigenvalue weighted by Gasteiger charge is 2.17. The summed E-state index contributed by atoms with van der Waals surface area (Å²) in [5.74, 6) is 0.0155. The Labute approximate surface area is 134 Å². The van der Waals surface area contributed by atoms with Crippen molar-refractivity contribution in [2.45, 2.75) is 18.2 Å². The highest BCUT2D eigenvalue weighted by Crippen LogP contribution is 2.33.